The molecule has 2 bridgehead atoms. The van der Waals surface area contributed by atoms with Crippen molar-refractivity contribution in [3.63, 3.8) is 0 Å². The highest BCUT2D eigenvalue weighted by atomic mass is 16.5. The first kappa shape index (κ1) is 15.7. The van der Waals surface area contributed by atoms with Gasteiger partial charge in [0.15, 0.2) is 0 Å². The second-order valence-electron chi connectivity index (χ2n) is 7.90. The Bertz CT molecular complexity index is 697. The van der Waals surface area contributed by atoms with Crippen LogP contribution in [0, 0.1) is 5.92 Å². The lowest BCUT2D eigenvalue weighted by Gasteiger charge is -2.55. The highest BCUT2D eigenvalue weighted by Crippen LogP contribution is 2.49. The van der Waals surface area contributed by atoms with Crippen molar-refractivity contribution in [1.29, 1.82) is 0 Å². The smallest absolute Gasteiger partial charge is 0.333 e. The third-order valence-corrected chi connectivity index (χ3v) is 6.58. The number of ether oxygens (including phenoxy) is 1. The second-order valence-corrected chi connectivity index (χ2v) is 7.90. The quantitative estimate of drug-likeness (QED) is 0.670. The van der Waals surface area contributed by atoms with E-state index in [9.17, 15) is 9.90 Å². The van der Waals surface area contributed by atoms with Crippen molar-refractivity contribution < 1.29 is 14.6 Å². The third-order valence-electron chi connectivity index (χ3n) is 6.58. The summed E-state index contributed by atoms with van der Waals surface area (Å²) in [6.45, 7) is 10.2. The molecule has 0 amide bonds. The summed E-state index contributed by atoms with van der Waals surface area (Å²) in [5, 5.41) is 9.91. The van der Waals surface area contributed by atoms with E-state index < -0.39 is 0 Å². The van der Waals surface area contributed by atoms with Crippen LogP contribution < -0.4 is 0 Å². The largest absolute Gasteiger partial charge is 0.508 e. The Morgan fingerprint density at radius 2 is 2.21 bits per heavy atom. The van der Waals surface area contributed by atoms with Crippen LogP contribution in [0.1, 0.15) is 37.8 Å². The molecule has 1 aromatic rings. The minimum absolute atomic E-state index is 0.0530. The lowest BCUT2D eigenvalue weighted by atomic mass is 9.59. The highest BCUT2D eigenvalue weighted by molar-refractivity contribution is 5.89. The van der Waals surface area contributed by atoms with E-state index in [2.05, 4.69) is 31.4 Å². The Morgan fingerprint density at radius 3 is 2.92 bits per heavy atom. The normalized spacial score (nSPS) is 35.7. The molecule has 4 nitrogen and oxygen atoms in total. The van der Waals surface area contributed by atoms with Crippen LogP contribution in [-0.2, 0) is 21.4 Å². The number of cyclic esters (lactones) is 1. The number of nitrogens with zero attached hydrogens (tertiary/aromatic N) is 1. The monoisotopic (exact) mass is 327 g/mol. The molecule has 2 heterocycles. The molecular weight excluding hydrogens is 302 g/mol. The van der Waals surface area contributed by atoms with E-state index in [1.807, 2.05) is 6.07 Å². The average Bonchev–Trinajstić information content (AvgIpc) is 2.85. The van der Waals surface area contributed by atoms with Crippen molar-refractivity contribution in [2.45, 2.75) is 50.7 Å². The molecule has 3 aliphatic rings. The average molecular weight is 327 g/mol. The van der Waals surface area contributed by atoms with Gasteiger partial charge in [-0.1, -0.05) is 26.5 Å². The van der Waals surface area contributed by atoms with Crippen LogP contribution in [0.25, 0.3) is 0 Å². The van der Waals surface area contributed by atoms with Crippen molar-refractivity contribution in [3.05, 3.63) is 41.5 Å². The molecule has 0 aromatic heterocycles. The SMILES string of the molecule is C=C1C[C@H](CN2CC[C@]3(C)c4cc(O)ccc4C[C@@H]2[C@@H]3C)OC1=O. The number of piperidine rings is 1. The molecule has 1 aromatic carbocycles. The Kier molecular flexibility index (Phi) is 3.50. The van der Waals surface area contributed by atoms with Crippen molar-refractivity contribution in [3.8, 4) is 5.75 Å². The molecule has 2 aliphatic heterocycles. The van der Waals surface area contributed by atoms with Gasteiger partial charge in [0.05, 0.1) is 0 Å². The van der Waals surface area contributed by atoms with Gasteiger partial charge in [0.25, 0.3) is 0 Å². The number of phenols is 1. The van der Waals surface area contributed by atoms with Gasteiger partial charge in [-0.2, -0.15) is 0 Å². The number of aromatic hydroxyl groups is 1. The fourth-order valence-electron chi connectivity index (χ4n) is 4.92. The van der Waals surface area contributed by atoms with E-state index in [1.165, 1.54) is 11.1 Å². The number of carbonyl (C=O) groups is 1. The number of hydrogen-bond donors (Lipinski definition) is 1. The van der Waals surface area contributed by atoms with Crippen LogP contribution in [0.15, 0.2) is 30.4 Å². The van der Waals surface area contributed by atoms with E-state index in [0.717, 1.165) is 25.9 Å². The summed E-state index contributed by atoms with van der Waals surface area (Å²) in [5.74, 6) is 0.625. The molecular formula is C20H25NO3. The van der Waals surface area contributed by atoms with Crippen molar-refractivity contribution in [2.75, 3.05) is 13.1 Å². The van der Waals surface area contributed by atoms with Gasteiger partial charge < -0.3 is 9.84 Å². The van der Waals surface area contributed by atoms with Gasteiger partial charge in [-0.05, 0) is 54.0 Å². The zero-order valence-corrected chi connectivity index (χ0v) is 14.4. The van der Waals surface area contributed by atoms with Crippen LogP contribution in [0.3, 0.4) is 0 Å². The van der Waals surface area contributed by atoms with Gasteiger partial charge in [0.2, 0.25) is 0 Å². The molecule has 128 valence electrons. The van der Waals surface area contributed by atoms with E-state index in [1.54, 1.807) is 6.07 Å². The summed E-state index contributed by atoms with van der Waals surface area (Å²) in [6.07, 6.45) is 2.65. The summed E-state index contributed by atoms with van der Waals surface area (Å²) >= 11 is 0. The molecule has 1 N–H and O–H groups in total. The number of hydrogen-bond acceptors (Lipinski definition) is 4. The van der Waals surface area contributed by atoms with Gasteiger partial charge in [-0.15, -0.1) is 0 Å². The summed E-state index contributed by atoms with van der Waals surface area (Å²) in [5.41, 5.74) is 3.35. The molecule has 0 spiro atoms. The lowest BCUT2D eigenvalue weighted by molar-refractivity contribution is -0.140. The summed E-state index contributed by atoms with van der Waals surface area (Å²) < 4.78 is 5.45. The molecule has 0 unspecified atom stereocenters. The fraction of sp³-hybridized carbons (Fsp3) is 0.550. The maximum atomic E-state index is 11.6. The van der Waals surface area contributed by atoms with E-state index >= 15 is 0 Å². The molecule has 0 radical (unpaired) electrons. The molecule has 4 heteroatoms. The van der Waals surface area contributed by atoms with Crippen molar-refractivity contribution >= 4 is 5.97 Å². The highest BCUT2D eigenvalue weighted by Gasteiger charge is 2.49. The molecule has 4 rings (SSSR count). The maximum absolute atomic E-state index is 11.6. The predicted molar refractivity (Wildman–Crippen MR) is 91.9 cm³/mol. The Balaban J connectivity index is 1.60. The molecule has 4 atom stereocenters. The van der Waals surface area contributed by atoms with E-state index in [4.69, 9.17) is 4.74 Å². The third kappa shape index (κ3) is 2.27. The summed E-state index contributed by atoms with van der Waals surface area (Å²) in [7, 11) is 0. The van der Waals surface area contributed by atoms with Gasteiger partial charge in [0.1, 0.15) is 11.9 Å². The second kappa shape index (κ2) is 5.35. The number of rotatable bonds is 2. The number of phenolic OH excluding ortho intramolecular Hbond substituents is 1. The number of esters is 1. The first-order valence-corrected chi connectivity index (χ1v) is 8.83. The minimum atomic E-state index is -0.237. The Hall–Kier alpha value is -1.81. The summed E-state index contributed by atoms with van der Waals surface area (Å²) in [6, 6.07) is 6.28. The van der Waals surface area contributed by atoms with Gasteiger partial charge in [-0.3, -0.25) is 4.90 Å². The first-order valence-electron chi connectivity index (χ1n) is 8.83. The van der Waals surface area contributed by atoms with Gasteiger partial charge in [-0.25, -0.2) is 4.79 Å². The molecule has 0 saturated carbocycles. The Morgan fingerprint density at radius 1 is 1.42 bits per heavy atom. The van der Waals surface area contributed by atoms with Gasteiger partial charge >= 0.3 is 5.97 Å². The lowest BCUT2D eigenvalue weighted by Crippen LogP contribution is -2.59. The molecule has 2 saturated heterocycles. The topological polar surface area (TPSA) is 49.8 Å². The van der Waals surface area contributed by atoms with Crippen LogP contribution >= 0.6 is 0 Å². The molecule has 1 aliphatic carbocycles. The zero-order valence-electron chi connectivity index (χ0n) is 14.4. The number of fused-ring (bicyclic) bond motifs is 4. The number of carbonyl (C=O) groups excluding carboxylic acids is 1. The van der Waals surface area contributed by atoms with Gasteiger partial charge in [0, 0.05) is 24.6 Å². The van der Waals surface area contributed by atoms with Crippen LogP contribution in [-0.4, -0.2) is 41.2 Å². The predicted octanol–water partition coefficient (Wildman–Crippen LogP) is 2.79. The maximum Gasteiger partial charge on any atom is 0.333 e. The standard InChI is InChI=1S/C20H25NO3/c1-12-8-16(24-19(12)23)11-21-7-6-20(3)13(2)18(21)9-14-4-5-15(22)10-17(14)20/h4-5,10,13,16,18,22H,1,6-9,11H2,2-3H3/t13-,16+,18+,20-/m0/s1. The Labute approximate surface area is 143 Å². The first-order chi connectivity index (χ1) is 11.4. The summed E-state index contributed by atoms with van der Waals surface area (Å²) in [4.78, 5) is 14.1. The van der Waals surface area contributed by atoms with Crippen LogP contribution in [0.5, 0.6) is 5.75 Å². The number of benzene rings is 1. The van der Waals surface area contributed by atoms with Crippen LogP contribution in [0.4, 0.5) is 0 Å². The van der Waals surface area contributed by atoms with E-state index in [0.29, 0.717) is 29.7 Å². The van der Waals surface area contributed by atoms with Crippen LogP contribution in [0.2, 0.25) is 0 Å². The molecule has 2 fully saturated rings. The van der Waals surface area contributed by atoms with Crippen molar-refractivity contribution in [1.82, 2.24) is 4.90 Å². The van der Waals surface area contributed by atoms with Crippen molar-refractivity contribution in [2.24, 2.45) is 5.92 Å². The molecule has 24 heavy (non-hydrogen) atoms. The fourth-order valence-corrected chi connectivity index (χ4v) is 4.92. The van der Waals surface area contributed by atoms with E-state index in [-0.39, 0.29) is 17.5 Å². The zero-order chi connectivity index (χ0) is 17.1. The minimum Gasteiger partial charge on any atom is -0.508 e. The number of likely N-dealkylation sites (tertiary alicyclic amines) is 1.